The van der Waals surface area contributed by atoms with Gasteiger partial charge in [0, 0.05) is 22.7 Å². The Morgan fingerprint density at radius 3 is 2.88 bits per heavy atom. The molecule has 0 aliphatic heterocycles. The third-order valence-corrected chi connectivity index (χ3v) is 3.41. The summed E-state index contributed by atoms with van der Waals surface area (Å²) in [6.45, 7) is 1.62. The monoisotopic (exact) mass is 347 g/mol. The summed E-state index contributed by atoms with van der Waals surface area (Å²) < 4.78 is 5.32. The molecule has 0 heterocycles. The molecule has 0 radical (unpaired) electrons. The van der Waals surface area contributed by atoms with Gasteiger partial charge in [0.2, 0.25) is 0 Å². The zero-order valence-corrected chi connectivity index (χ0v) is 13.5. The van der Waals surface area contributed by atoms with Gasteiger partial charge in [0.05, 0.1) is 11.1 Å². The van der Waals surface area contributed by atoms with Crippen LogP contribution < -0.4 is 10.2 Å². The summed E-state index contributed by atoms with van der Waals surface area (Å²) in [5.41, 5.74) is 3.58. The first-order valence-corrected chi connectivity index (χ1v) is 7.29. The topological polar surface area (TPSA) is 93.8 Å². The average molecular weight is 348 g/mol. The Kier molecular flexibility index (Phi) is 5.86. The normalized spacial score (nSPS) is 10.6. The number of carbonyl (C=O) groups is 1. The fourth-order valence-electron chi connectivity index (χ4n) is 1.79. The van der Waals surface area contributed by atoms with Crippen LogP contribution in [0.1, 0.15) is 11.1 Å². The van der Waals surface area contributed by atoms with E-state index in [1.165, 1.54) is 24.4 Å². The minimum atomic E-state index is -0.502. The maximum absolute atomic E-state index is 11.6. The first kappa shape index (κ1) is 17.4. The van der Waals surface area contributed by atoms with Crippen LogP contribution in [0.3, 0.4) is 0 Å². The SMILES string of the molecule is Cc1cc(OCC(=O)N/N=C\c2cccc([N+](=O)[O-])c2)ccc1Cl. The van der Waals surface area contributed by atoms with Crippen LogP contribution in [-0.4, -0.2) is 23.7 Å². The molecule has 0 aliphatic carbocycles. The summed E-state index contributed by atoms with van der Waals surface area (Å²) >= 11 is 5.90. The van der Waals surface area contributed by atoms with E-state index in [4.69, 9.17) is 16.3 Å². The predicted octanol–water partition coefficient (Wildman–Crippen LogP) is 3.09. The van der Waals surface area contributed by atoms with Crippen molar-refractivity contribution < 1.29 is 14.5 Å². The zero-order chi connectivity index (χ0) is 17.5. The van der Waals surface area contributed by atoms with Gasteiger partial charge >= 0.3 is 0 Å². The molecular formula is C16H14ClN3O4. The summed E-state index contributed by atoms with van der Waals surface area (Å²) in [4.78, 5) is 21.8. The molecule has 8 heteroatoms. The van der Waals surface area contributed by atoms with E-state index in [-0.39, 0.29) is 12.3 Å². The first-order chi connectivity index (χ1) is 11.5. The molecule has 124 valence electrons. The smallest absolute Gasteiger partial charge is 0.277 e. The number of carbonyl (C=O) groups excluding carboxylic acids is 1. The number of nitrogens with zero attached hydrogens (tertiary/aromatic N) is 2. The minimum Gasteiger partial charge on any atom is -0.484 e. The van der Waals surface area contributed by atoms with E-state index in [0.717, 1.165) is 5.56 Å². The Morgan fingerprint density at radius 1 is 1.38 bits per heavy atom. The van der Waals surface area contributed by atoms with Crippen LogP contribution in [0.2, 0.25) is 5.02 Å². The second kappa shape index (κ2) is 8.07. The van der Waals surface area contributed by atoms with Crippen LogP contribution in [0.4, 0.5) is 5.69 Å². The zero-order valence-electron chi connectivity index (χ0n) is 12.7. The quantitative estimate of drug-likeness (QED) is 0.493. The van der Waals surface area contributed by atoms with Crippen LogP contribution in [0.15, 0.2) is 47.6 Å². The number of benzene rings is 2. The van der Waals surface area contributed by atoms with E-state index in [2.05, 4.69) is 10.5 Å². The number of hydrazone groups is 1. The maximum Gasteiger partial charge on any atom is 0.277 e. The van der Waals surface area contributed by atoms with Gasteiger partial charge in [0.15, 0.2) is 6.61 Å². The number of hydrogen-bond acceptors (Lipinski definition) is 5. The van der Waals surface area contributed by atoms with Crippen LogP contribution in [0.25, 0.3) is 0 Å². The molecule has 2 aromatic carbocycles. The standard InChI is InChI=1S/C16H14ClN3O4/c1-11-7-14(5-6-15(11)17)24-10-16(21)19-18-9-12-3-2-4-13(8-12)20(22)23/h2-9H,10H2,1H3,(H,19,21)/b18-9-. The van der Waals surface area contributed by atoms with Crippen molar-refractivity contribution in [1.82, 2.24) is 5.43 Å². The fourth-order valence-corrected chi connectivity index (χ4v) is 1.90. The van der Waals surface area contributed by atoms with Gasteiger partial charge in [-0.2, -0.15) is 5.10 Å². The summed E-state index contributed by atoms with van der Waals surface area (Å²) in [7, 11) is 0. The molecule has 7 nitrogen and oxygen atoms in total. The Balaban J connectivity index is 1.85. The van der Waals surface area contributed by atoms with Crippen molar-refractivity contribution >= 4 is 29.4 Å². The number of rotatable bonds is 6. The number of nitrogens with one attached hydrogen (secondary N) is 1. The van der Waals surface area contributed by atoms with Crippen molar-refractivity contribution in [2.45, 2.75) is 6.92 Å². The number of non-ortho nitro benzene ring substituents is 1. The molecule has 0 bridgehead atoms. The minimum absolute atomic E-state index is 0.0493. The Labute approximate surface area is 143 Å². The van der Waals surface area contributed by atoms with Crippen molar-refractivity contribution in [3.05, 3.63) is 68.7 Å². The Morgan fingerprint density at radius 2 is 2.17 bits per heavy atom. The average Bonchev–Trinajstić information content (AvgIpc) is 2.56. The van der Waals surface area contributed by atoms with Gasteiger partial charge in [-0.15, -0.1) is 0 Å². The lowest BCUT2D eigenvalue weighted by molar-refractivity contribution is -0.384. The molecular weight excluding hydrogens is 334 g/mol. The molecule has 1 amide bonds. The van der Waals surface area contributed by atoms with Gasteiger partial charge in [-0.3, -0.25) is 14.9 Å². The van der Waals surface area contributed by atoms with Crippen molar-refractivity contribution in [3.63, 3.8) is 0 Å². The van der Waals surface area contributed by atoms with Crippen LogP contribution in [-0.2, 0) is 4.79 Å². The number of nitro benzene ring substituents is 1. The van der Waals surface area contributed by atoms with Gasteiger partial charge in [0.1, 0.15) is 5.75 Å². The molecule has 0 aromatic heterocycles. The van der Waals surface area contributed by atoms with E-state index in [1.807, 2.05) is 6.92 Å². The summed E-state index contributed by atoms with van der Waals surface area (Å²) in [5.74, 6) is 0.0685. The van der Waals surface area contributed by atoms with Crippen molar-refractivity contribution in [2.24, 2.45) is 5.10 Å². The number of nitro groups is 1. The maximum atomic E-state index is 11.6. The molecule has 2 rings (SSSR count). The van der Waals surface area contributed by atoms with Crippen molar-refractivity contribution in [2.75, 3.05) is 6.61 Å². The highest BCUT2D eigenvalue weighted by Crippen LogP contribution is 2.20. The number of ether oxygens (including phenoxy) is 1. The molecule has 0 spiro atoms. The molecule has 2 aromatic rings. The molecule has 0 atom stereocenters. The third-order valence-electron chi connectivity index (χ3n) is 2.98. The molecule has 0 saturated carbocycles. The van der Waals surface area contributed by atoms with Crippen molar-refractivity contribution in [1.29, 1.82) is 0 Å². The van der Waals surface area contributed by atoms with Gasteiger partial charge < -0.3 is 4.74 Å². The van der Waals surface area contributed by atoms with E-state index >= 15 is 0 Å². The van der Waals surface area contributed by atoms with Gasteiger partial charge in [-0.25, -0.2) is 5.43 Å². The van der Waals surface area contributed by atoms with Crippen LogP contribution in [0, 0.1) is 17.0 Å². The van der Waals surface area contributed by atoms with Crippen LogP contribution >= 0.6 is 11.6 Å². The fraction of sp³-hybridized carbons (Fsp3) is 0.125. The third kappa shape index (κ3) is 5.06. The van der Waals surface area contributed by atoms with Gasteiger partial charge in [0.25, 0.3) is 11.6 Å². The summed E-state index contributed by atoms with van der Waals surface area (Å²) in [6, 6.07) is 11.0. The van der Waals surface area contributed by atoms with Crippen molar-refractivity contribution in [3.8, 4) is 5.75 Å². The van der Waals surface area contributed by atoms with Crippen LogP contribution in [0.5, 0.6) is 5.75 Å². The number of hydrogen-bond donors (Lipinski definition) is 1. The largest absolute Gasteiger partial charge is 0.484 e. The summed E-state index contributed by atoms with van der Waals surface area (Å²) in [6.07, 6.45) is 1.32. The Bertz CT molecular complexity index is 793. The lowest BCUT2D eigenvalue weighted by atomic mass is 10.2. The van der Waals surface area contributed by atoms with Gasteiger partial charge in [-0.05, 0) is 30.7 Å². The summed E-state index contributed by atoms with van der Waals surface area (Å²) in [5, 5.41) is 15.0. The lowest BCUT2D eigenvalue weighted by Gasteiger charge is -2.06. The highest BCUT2D eigenvalue weighted by Gasteiger charge is 2.05. The molecule has 1 N–H and O–H groups in total. The van der Waals surface area contributed by atoms with E-state index < -0.39 is 10.8 Å². The highest BCUT2D eigenvalue weighted by molar-refractivity contribution is 6.31. The molecule has 24 heavy (non-hydrogen) atoms. The highest BCUT2D eigenvalue weighted by atomic mass is 35.5. The number of amides is 1. The lowest BCUT2D eigenvalue weighted by Crippen LogP contribution is -2.24. The van der Waals surface area contributed by atoms with E-state index in [9.17, 15) is 14.9 Å². The molecule has 0 saturated heterocycles. The Hall–Kier alpha value is -2.93. The molecule has 0 aliphatic rings. The molecule has 0 unspecified atom stereocenters. The first-order valence-electron chi connectivity index (χ1n) is 6.91. The number of halogens is 1. The molecule has 0 fully saturated rings. The second-order valence-corrected chi connectivity index (χ2v) is 5.25. The van der Waals surface area contributed by atoms with Gasteiger partial charge in [-0.1, -0.05) is 23.7 Å². The van der Waals surface area contributed by atoms with E-state index in [1.54, 1.807) is 24.3 Å². The second-order valence-electron chi connectivity index (χ2n) is 4.84. The van der Waals surface area contributed by atoms with E-state index in [0.29, 0.717) is 16.3 Å². The predicted molar refractivity (Wildman–Crippen MR) is 90.5 cm³/mol. The number of aryl methyl sites for hydroxylation is 1.